The van der Waals surface area contributed by atoms with Gasteiger partial charge in [0.05, 0.1) is 0 Å². The Bertz CT molecular complexity index is 183. The maximum atomic E-state index is 2.63. The molecule has 2 saturated heterocycles. The average Bonchev–Trinajstić information content (AvgIpc) is 2.01. The van der Waals surface area contributed by atoms with E-state index in [1.807, 2.05) is 0 Å². The molecule has 0 aromatic rings. The molecule has 0 aromatic heterocycles. The van der Waals surface area contributed by atoms with Crippen LogP contribution in [0, 0.1) is 0 Å². The molecule has 67 valence electrons. The summed E-state index contributed by atoms with van der Waals surface area (Å²) in [4.78, 5) is 2.50. The predicted molar refractivity (Wildman–Crippen MR) is 53.8 cm³/mol. The lowest BCUT2D eigenvalue weighted by Crippen LogP contribution is -2.61. The molecular weight excluding hydrogens is 145 g/mol. The summed E-state index contributed by atoms with van der Waals surface area (Å²) in [6.45, 7) is 6.03. The fraction of sp³-hybridized carbons (Fsp3) is 1.00. The van der Waals surface area contributed by atoms with Crippen molar-refractivity contribution >= 4 is 7.28 Å². The molecule has 12 heavy (non-hydrogen) atoms. The largest absolute Gasteiger partial charge is 0.304 e. The summed E-state index contributed by atoms with van der Waals surface area (Å²) in [7, 11) is 4.88. The normalized spacial score (nSPS) is 47.6. The Morgan fingerprint density at radius 3 is 2.75 bits per heavy atom. The first-order valence-electron chi connectivity index (χ1n) is 5.22. The van der Waals surface area contributed by atoms with Crippen molar-refractivity contribution < 1.29 is 0 Å². The van der Waals surface area contributed by atoms with Gasteiger partial charge in [0.15, 0.2) is 0 Å². The molecule has 0 spiro atoms. The highest BCUT2D eigenvalue weighted by Crippen LogP contribution is 2.51. The minimum Gasteiger partial charge on any atom is -0.304 e. The van der Waals surface area contributed by atoms with Crippen LogP contribution in [0.5, 0.6) is 0 Å². The van der Waals surface area contributed by atoms with E-state index in [-0.39, 0.29) is 0 Å². The molecule has 0 aliphatic carbocycles. The number of hydrogen-bond donors (Lipinski definition) is 0. The standard InChI is InChI=1S/C10H19BN/c1-4-8-5-6-9-10(2,11-8)7-12(9)3/h8-9H,4-7H2,1-3H3. The van der Waals surface area contributed by atoms with Gasteiger partial charge in [-0.2, -0.15) is 0 Å². The molecule has 2 heterocycles. The van der Waals surface area contributed by atoms with Crippen molar-refractivity contribution in [2.75, 3.05) is 13.6 Å². The van der Waals surface area contributed by atoms with E-state index in [9.17, 15) is 0 Å². The minimum atomic E-state index is 0.563. The highest BCUT2D eigenvalue weighted by Gasteiger charge is 2.50. The molecule has 3 atom stereocenters. The predicted octanol–water partition coefficient (Wildman–Crippen LogP) is 2.18. The summed E-state index contributed by atoms with van der Waals surface area (Å²) >= 11 is 0. The third-order valence-electron chi connectivity index (χ3n) is 3.84. The van der Waals surface area contributed by atoms with Gasteiger partial charge < -0.3 is 4.90 Å². The zero-order valence-electron chi connectivity index (χ0n) is 8.51. The molecule has 1 radical (unpaired) electrons. The molecule has 2 rings (SSSR count). The fourth-order valence-corrected chi connectivity index (χ4v) is 3.17. The highest BCUT2D eigenvalue weighted by molar-refractivity contribution is 6.43. The Labute approximate surface area is 76.8 Å². The van der Waals surface area contributed by atoms with Gasteiger partial charge in [0, 0.05) is 6.04 Å². The SMILES string of the molecule is CCC1[B]C2(C)CN(C)C2CC1. The van der Waals surface area contributed by atoms with Crippen LogP contribution in [0.15, 0.2) is 0 Å². The van der Waals surface area contributed by atoms with Gasteiger partial charge in [0.2, 0.25) is 0 Å². The van der Waals surface area contributed by atoms with Crippen molar-refractivity contribution in [1.82, 2.24) is 4.90 Å². The van der Waals surface area contributed by atoms with Crippen LogP contribution >= 0.6 is 0 Å². The third kappa shape index (κ3) is 1.12. The van der Waals surface area contributed by atoms with Crippen LogP contribution in [0.1, 0.15) is 33.1 Å². The maximum Gasteiger partial charge on any atom is 0.125 e. The number of fused-ring (bicyclic) bond motifs is 1. The summed E-state index contributed by atoms with van der Waals surface area (Å²) in [6, 6.07) is 0.861. The van der Waals surface area contributed by atoms with Crippen LogP contribution in [0.4, 0.5) is 0 Å². The zero-order chi connectivity index (χ0) is 8.77. The molecule has 0 saturated carbocycles. The lowest BCUT2D eigenvalue weighted by atomic mass is 9.36. The molecule has 0 aromatic carbocycles. The van der Waals surface area contributed by atoms with Crippen molar-refractivity contribution in [3.63, 3.8) is 0 Å². The molecule has 2 heteroatoms. The molecule has 0 amide bonds. The van der Waals surface area contributed by atoms with Gasteiger partial charge >= 0.3 is 0 Å². The van der Waals surface area contributed by atoms with E-state index in [2.05, 4.69) is 33.1 Å². The van der Waals surface area contributed by atoms with Gasteiger partial charge in [-0.05, 0) is 25.3 Å². The van der Waals surface area contributed by atoms with E-state index in [0.29, 0.717) is 5.31 Å². The topological polar surface area (TPSA) is 3.24 Å². The van der Waals surface area contributed by atoms with E-state index in [4.69, 9.17) is 0 Å². The maximum absolute atomic E-state index is 2.63. The molecule has 0 N–H and O–H groups in total. The zero-order valence-corrected chi connectivity index (χ0v) is 8.51. The van der Waals surface area contributed by atoms with Gasteiger partial charge in [-0.1, -0.05) is 32.5 Å². The molecule has 1 nitrogen and oxygen atoms in total. The summed E-state index contributed by atoms with van der Waals surface area (Å²) in [5, 5.41) is 0.563. The first kappa shape index (κ1) is 8.62. The van der Waals surface area contributed by atoms with Crippen LogP contribution in [0.2, 0.25) is 11.1 Å². The molecule has 3 unspecified atom stereocenters. The number of rotatable bonds is 1. The molecule has 2 aliphatic rings. The quantitative estimate of drug-likeness (QED) is 0.537. The summed E-state index contributed by atoms with van der Waals surface area (Å²) in [5.41, 5.74) is 0. The van der Waals surface area contributed by atoms with Crippen molar-refractivity contribution in [3.05, 3.63) is 0 Å². The second-order valence-corrected chi connectivity index (χ2v) is 4.85. The fourth-order valence-electron chi connectivity index (χ4n) is 3.17. The van der Waals surface area contributed by atoms with Crippen molar-refractivity contribution in [2.45, 2.75) is 50.3 Å². The Balaban J connectivity index is 2.00. The Hall–Kier alpha value is 0.0249. The van der Waals surface area contributed by atoms with Crippen LogP contribution in [-0.2, 0) is 0 Å². The highest BCUT2D eigenvalue weighted by atomic mass is 15.2. The summed E-state index contributed by atoms with van der Waals surface area (Å²) < 4.78 is 0. The van der Waals surface area contributed by atoms with Crippen molar-refractivity contribution in [1.29, 1.82) is 0 Å². The van der Waals surface area contributed by atoms with Crippen LogP contribution < -0.4 is 0 Å². The van der Waals surface area contributed by atoms with Crippen LogP contribution in [0.25, 0.3) is 0 Å². The van der Waals surface area contributed by atoms with Gasteiger partial charge in [-0.3, -0.25) is 0 Å². The van der Waals surface area contributed by atoms with Crippen LogP contribution in [0.3, 0.4) is 0 Å². The smallest absolute Gasteiger partial charge is 0.125 e. The average molecular weight is 164 g/mol. The van der Waals surface area contributed by atoms with Gasteiger partial charge in [0.1, 0.15) is 7.28 Å². The van der Waals surface area contributed by atoms with Crippen LogP contribution in [-0.4, -0.2) is 31.8 Å². The molecular formula is C10H19BN. The van der Waals surface area contributed by atoms with E-state index in [1.54, 1.807) is 0 Å². The molecule has 0 bridgehead atoms. The van der Waals surface area contributed by atoms with Gasteiger partial charge in [-0.25, -0.2) is 0 Å². The Morgan fingerprint density at radius 1 is 1.50 bits per heavy atom. The molecule has 2 aliphatic heterocycles. The summed E-state index contributed by atoms with van der Waals surface area (Å²) in [6.07, 6.45) is 4.18. The first-order valence-corrected chi connectivity index (χ1v) is 5.22. The first-order chi connectivity index (χ1) is 5.65. The van der Waals surface area contributed by atoms with Gasteiger partial charge in [-0.15, -0.1) is 0 Å². The summed E-state index contributed by atoms with van der Waals surface area (Å²) in [5.74, 6) is 0.903. The molecule has 2 fully saturated rings. The number of hydrogen-bond acceptors (Lipinski definition) is 1. The monoisotopic (exact) mass is 164 g/mol. The minimum absolute atomic E-state index is 0.563. The second-order valence-electron chi connectivity index (χ2n) is 4.85. The van der Waals surface area contributed by atoms with E-state index < -0.39 is 0 Å². The van der Waals surface area contributed by atoms with Crippen molar-refractivity contribution in [2.24, 2.45) is 0 Å². The Kier molecular flexibility index (Phi) is 1.98. The second kappa shape index (κ2) is 2.76. The number of likely N-dealkylation sites (tertiary alicyclic amines) is 1. The number of nitrogens with zero attached hydrogens (tertiary/aromatic N) is 1. The van der Waals surface area contributed by atoms with E-state index >= 15 is 0 Å². The van der Waals surface area contributed by atoms with Gasteiger partial charge in [0.25, 0.3) is 0 Å². The van der Waals surface area contributed by atoms with E-state index in [0.717, 1.165) is 11.9 Å². The van der Waals surface area contributed by atoms with E-state index in [1.165, 1.54) is 25.8 Å². The lowest BCUT2D eigenvalue weighted by molar-refractivity contribution is 0.0477. The lowest BCUT2D eigenvalue weighted by Gasteiger charge is -2.59. The van der Waals surface area contributed by atoms with Crippen molar-refractivity contribution in [3.8, 4) is 0 Å². The third-order valence-corrected chi connectivity index (χ3v) is 3.84. The Morgan fingerprint density at radius 2 is 2.25 bits per heavy atom.